The van der Waals surface area contributed by atoms with Crippen LogP contribution < -0.4 is 4.90 Å². The number of carbonyl (C=O) groups excluding carboxylic acids is 2. The number of nitrogens with zero attached hydrogens (tertiary/aromatic N) is 5. The minimum Gasteiger partial charge on any atom is -0.458 e. The van der Waals surface area contributed by atoms with E-state index in [1.54, 1.807) is 45.2 Å². The Morgan fingerprint density at radius 2 is 2.17 bits per heavy atom. The van der Waals surface area contributed by atoms with E-state index in [1.807, 2.05) is 6.07 Å². The van der Waals surface area contributed by atoms with E-state index in [2.05, 4.69) is 10.1 Å². The highest BCUT2D eigenvalue weighted by atomic mass is 16.6. The van der Waals surface area contributed by atoms with Crippen LogP contribution >= 0.6 is 0 Å². The summed E-state index contributed by atoms with van der Waals surface area (Å²) >= 11 is 0. The Balaban J connectivity index is 1.84. The summed E-state index contributed by atoms with van der Waals surface area (Å²) in [5, 5.41) is 23.9. The smallest absolute Gasteiger partial charge is 0.339 e. The lowest BCUT2D eigenvalue weighted by Crippen LogP contribution is -2.63. The molecule has 2 aromatic rings. The van der Waals surface area contributed by atoms with Crippen molar-refractivity contribution in [1.82, 2.24) is 14.8 Å². The van der Waals surface area contributed by atoms with E-state index in [9.17, 15) is 14.7 Å². The number of morpholine rings is 1. The van der Waals surface area contributed by atoms with Crippen LogP contribution in [0.2, 0.25) is 0 Å². The molecule has 10 nitrogen and oxygen atoms in total. The Hall–Kier alpha value is -3.29. The molecule has 2 aromatic heterocycles. The second kappa shape index (κ2) is 7.85. The van der Waals surface area contributed by atoms with Crippen LogP contribution in [0.15, 0.2) is 30.6 Å². The highest BCUT2D eigenvalue weighted by molar-refractivity contribution is 6.02. The molecule has 0 bridgehead atoms. The summed E-state index contributed by atoms with van der Waals surface area (Å²) in [6.07, 6.45) is 1.33. The van der Waals surface area contributed by atoms with Crippen LogP contribution in [-0.2, 0) is 19.1 Å². The van der Waals surface area contributed by atoms with Gasteiger partial charge < -0.3 is 14.6 Å². The lowest BCUT2D eigenvalue weighted by atomic mass is 9.95. The first kappa shape index (κ1) is 21.4. The minimum atomic E-state index is -1.81. The molecule has 1 fully saturated rings. The number of esters is 1. The van der Waals surface area contributed by atoms with E-state index in [-0.39, 0.29) is 18.8 Å². The number of pyridine rings is 1. The predicted molar refractivity (Wildman–Crippen MR) is 105 cm³/mol. The van der Waals surface area contributed by atoms with E-state index >= 15 is 0 Å². The van der Waals surface area contributed by atoms with Gasteiger partial charge in [-0.05, 0) is 33.8 Å². The lowest BCUT2D eigenvalue weighted by molar-refractivity contribution is -0.191. The molecule has 0 aromatic carbocycles. The van der Waals surface area contributed by atoms with Crippen LogP contribution in [0.3, 0.4) is 0 Å². The number of ether oxygens (including phenoxy) is 2. The quantitative estimate of drug-likeness (QED) is 0.734. The van der Waals surface area contributed by atoms with Gasteiger partial charge in [0.15, 0.2) is 17.5 Å². The van der Waals surface area contributed by atoms with Crippen LogP contribution in [0.25, 0.3) is 5.69 Å². The van der Waals surface area contributed by atoms with E-state index < -0.39 is 29.2 Å². The van der Waals surface area contributed by atoms with Crippen molar-refractivity contribution >= 4 is 17.7 Å². The van der Waals surface area contributed by atoms with Crippen LogP contribution in [0, 0.1) is 11.3 Å². The van der Waals surface area contributed by atoms with Crippen molar-refractivity contribution in [2.45, 2.75) is 45.0 Å². The first-order valence-electron chi connectivity index (χ1n) is 9.34. The second-order valence-corrected chi connectivity index (χ2v) is 7.98. The van der Waals surface area contributed by atoms with Crippen LogP contribution in [0.1, 0.15) is 33.4 Å². The fraction of sp³-hybridized carbons (Fsp3) is 0.450. The highest BCUT2D eigenvalue weighted by Gasteiger charge is 2.52. The molecule has 158 valence electrons. The molecule has 1 amide bonds. The molecule has 0 spiro atoms. The molecule has 3 rings (SSSR count). The average molecular weight is 413 g/mol. The number of amides is 1. The van der Waals surface area contributed by atoms with Crippen molar-refractivity contribution in [3.8, 4) is 11.8 Å². The molecule has 0 radical (unpaired) electrons. The van der Waals surface area contributed by atoms with Crippen molar-refractivity contribution in [3.63, 3.8) is 0 Å². The standard InChI is InChI=1S/C20H23N5O5/c1-19(2,3)30-17(27)16(26)20(4)18(28)24(9-10-29-20)15-6-8-25(23-15)14-5-7-22-13(11-14)12-21/h5-8,11,16,26H,9-10H2,1-4H3/t16-,20+/m0/s1. The van der Waals surface area contributed by atoms with Crippen molar-refractivity contribution in [1.29, 1.82) is 5.26 Å². The number of carbonyl (C=O) groups is 2. The Kier molecular flexibility index (Phi) is 5.61. The molecule has 0 saturated carbocycles. The van der Waals surface area contributed by atoms with Gasteiger partial charge in [0.1, 0.15) is 17.4 Å². The molecule has 1 saturated heterocycles. The fourth-order valence-corrected chi connectivity index (χ4v) is 3.00. The van der Waals surface area contributed by atoms with Gasteiger partial charge in [-0.2, -0.15) is 5.26 Å². The molecule has 30 heavy (non-hydrogen) atoms. The Bertz CT molecular complexity index is 1010. The number of anilines is 1. The van der Waals surface area contributed by atoms with Gasteiger partial charge in [0, 0.05) is 24.5 Å². The summed E-state index contributed by atoms with van der Waals surface area (Å²) < 4.78 is 12.2. The number of aliphatic hydroxyl groups excluding tert-OH is 1. The summed E-state index contributed by atoms with van der Waals surface area (Å²) in [4.78, 5) is 30.7. The highest BCUT2D eigenvalue weighted by Crippen LogP contribution is 2.28. The molecule has 1 N–H and O–H groups in total. The van der Waals surface area contributed by atoms with E-state index in [4.69, 9.17) is 14.7 Å². The topological polar surface area (TPSA) is 131 Å². The van der Waals surface area contributed by atoms with Gasteiger partial charge in [-0.15, -0.1) is 5.10 Å². The first-order valence-corrected chi connectivity index (χ1v) is 9.34. The number of aromatic nitrogens is 3. The zero-order chi connectivity index (χ0) is 22.1. The number of aliphatic hydroxyl groups is 1. The third kappa shape index (κ3) is 4.17. The third-order valence-electron chi connectivity index (χ3n) is 4.51. The summed E-state index contributed by atoms with van der Waals surface area (Å²) in [5.41, 5.74) is -1.79. The summed E-state index contributed by atoms with van der Waals surface area (Å²) in [7, 11) is 0. The summed E-state index contributed by atoms with van der Waals surface area (Å²) in [5.74, 6) is -1.22. The van der Waals surface area contributed by atoms with Gasteiger partial charge in [-0.1, -0.05) is 0 Å². The summed E-state index contributed by atoms with van der Waals surface area (Å²) in [6, 6.07) is 6.82. The van der Waals surface area contributed by atoms with Crippen LogP contribution in [-0.4, -0.2) is 62.2 Å². The SMILES string of the molecule is CC(C)(C)OC(=O)[C@H](O)[C@@]1(C)OCCN(c2ccn(-c3ccnc(C#N)c3)n2)C1=O. The Morgan fingerprint density at radius 3 is 2.83 bits per heavy atom. The van der Waals surface area contributed by atoms with Crippen molar-refractivity contribution in [2.24, 2.45) is 0 Å². The normalized spacial score (nSPS) is 20.5. The van der Waals surface area contributed by atoms with E-state index in [0.29, 0.717) is 11.5 Å². The van der Waals surface area contributed by atoms with Crippen LogP contribution in [0.4, 0.5) is 5.82 Å². The van der Waals surface area contributed by atoms with Crippen molar-refractivity contribution in [3.05, 3.63) is 36.3 Å². The number of hydrogen-bond acceptors (Lipinski definition) is 8. The van der Waals surface area contributed by atoms with Gasteiger partial charge in [-0.25, -0.2) is 14.5 Å². The molecule has 3 heterocycles. The van der Waals surface area contributed by atoms with Gasteiger partial charge in [0.05, 0.1) is 18.8 Å². The zero-order valence-corrected chi connectivity index (χ0v) is 17.2. The third-order valence-corrected chi connectivity index (χ3v) is 4.51. The van der Waals surface area contributed by atoms with Gasteiger partial charge in [0.25, 0.3) is 5.91 Å². The molecule has 0 aliphatic carbocycles. The maximum atomic E-state index is 13.1. The maximum absolute atomic E-state index is 13.1. The predicted octanol–water partition coefficient (Wildman–Crippen LogP) is 0.963. The van der Waals surface area contributed by atoms with Crippen molar-refractivity contribution in [2.75, 3.05) is 18.1 Å². The first-order chi connectivity index (χ1) is 14.0. The Labute approximate surface area is 173 Å². The number of rotatable bonds is 4. The lowest BCUT2D eigenvalue weighted by Gasteiger charge is -2.40. The maximum Gasteiger partial charge on any atom is 0.339 e. The molecule has 1 aliphatic heterocycles. The second-order valence-electron chi connectivity index (χ2n) is 7.98. The average Bonchev–Trinajstić information content (AvgIpc) is 3.18. The number of hydrogen-bond donors (Lipinski definition) is 1. The van der Waals surface area contributed by atoms with Gasteiger partial charge in [-0.3, -0.25) is 9.69 Å². The largest absolute Gasteiger partial charge is 0.458 e. The number of nitriles is 1. The molecule has 2 atom stereocenters. The molecule has 0 unspecified atom stereocenters. The fourth-order valence-electron chi connectivity index (χ4n) is 3.00. The summed E-state index contributed by atoms with van der Waals surface area (Å²) in [6.45, 7) is 6.65. The van der Waals surface area contributed by atoms with Crippen LogP contribution in [0.5, 0.6) is 0 Å². The minimum absolute atomic E-state index is 0.1000. The Morgan fingerprint density at radius 1 is 1.43 bits per heavy atom. The zero-order valence-electron chi connectivity index (χ0n) is 17.2. The van der Waals surface area contributed by atoms with Gasteiger partial charge >= 0.3 is 5.97 Å². The van der Waals surface area contributed by atoms with Crippen molar-refractivity contribution < 1.29 is 24.2 Å². The van der Waals surface area contributed by atoms with Gasteiger partial charge in [0.2, 0.25) is 0 Å². The molecule has 1 aliphatic rings. The van der Waals surface area contributed by atoms with E-state index in [0.717, 1.165) is 0 Å². The monoisotopic (exact) mass is 413 g/mol. The molecular formula is C20H23N5O5. The van der Waals surface area contributed by atoms with E-state index in [1.165, 1.54) is 22.7 Å². The molecular weight excluding hydrogens is 390 g/mol. The molecule has 10 heteroatoms.